The maximum atomic E-state index is 12.6. The van der Waals surface area contributed by atoms with Crippen LogP contribution in [0.2, 0.25) is 0 Å². The molecule has 4 N–H and O–H groups in total. The van der Waals surface area contributed by atoms with Crippen molar-refractivity contribution >= 4 is 23.2 Å². The number of likely N-dealkylation sites (tertiary alicyclic amines) is 1. The number of carbonyl (C=O) groups is 2. The summed E-state index contributed by atoms with van der Waals surface area (Å²) in [5, 5.41) is 23.4. The summed E-state index contributed by atoms with van der Waals surface area (Å²) in [6.45, 7) is 3.70. The maximum Gasteiger partial charge on any atom is 0.251 e. The Kier molecular flexibility index (Phi) is 6.87. The maximum absolute atomic E-state index is 12.6. The van der Waals surface area contributed by atoms with Gasteiger partial charge < -0.3 is 20.8 Å². The molecule has 4 aromatic rings. The summed E-state index contributed by atoms with van der Waals surface area (Å²) in [4.78, 5) is 40.1. The van der Waals surface area contributed by atoms with E-state index in [-0.39, 0.29) is 30.0 Å². The first-order chi connectivity index (χ1) is 18.3. The molecule has 0 bridgehead atoms. The van der Waals surface area contributed by atoms with Gasteiger partial charge in [0.2, 0.25) is 0 Å². The van der Waals surface area contributed by atoms with E-state index in [0.717, 1.165) is 22.4 Å². The highest BCUT2D eigenvalue weighted by atomic mass is 16.3. The van der Waals surface area contributed by atoms with Gasteiger partial charge in [-0.15, -0.1) is 0 Å². The van der Waals surface area contributed by atoms with E-state index < -0.39 is 6.10 Å². The van der Waals surface area contributed by atoms with Gasteiger partial charge in [-0.25, -0.2) is 4.98 Å². The lowest BCUT2D eigenvalue weighted by Crippen LogP contribution is -2.42. The Morgan fingerprint density at radius 2 is 1.89 bits per heavy atom. The van der Waals surface area contributed by atoms with Gasteiger partial charge in [0.25, 0.3) is 5.91 Å². The van der Waals surface area contributed by atoms with Gasteiger partial charge in [0.05, 0.1) is 35.4 Å². The molecule has 196 valence electrons. The molecule has 5 rings (SSSR count). The van der Waals surface area contributed by atoms with Crippen LogP contribution >= 0.6 is 0 Å². The smallest absolute Gasteiger partial charge is 0.251 e. The van der Waals surface area contributed by atoms with Gasteiger partial charge in [0, 0.05) is 48.1 Å². The minimum atomic E-state index is -1.05. The van der Waals surface area contributed by atoms with Crippen molar-refractivity contribution in [1.29, 1.82) is 0 Å². The molecule has 1 amide bonds. The second-order valence-electron chi connectivity index (χ2n) is 9.51. The van der Waals surface area contributed by atoms with Gasteiger partial charge in [0.1, 0.15) is 11.9 Å². The number of nitrogens with zero attached hydrogens (tertiary/aromatic N) is 6. The number of nitrogens with two attached hydrogens (primary N) is 1. The Balaban J connectivity index is 1.51. The third kappa shape index (κ3) is 4.61. The van der Waals surface area contributed by atoms with Crippen LogP contribution in [0.25, 0.3) is 28.0 Å². The SMILES string of the molecule is CC(=O)c1c(C2CCN(C(=O)[C@@H](C)O)CC2)nc2c(-c3ccc(-c4ccnc(CO)c4)nc3)cnn2c1N. The average Bonchev–Trinajstić information content (AvgIpc) is 3.37. The molecule has 5 heterocycles. The fraction of sp³-hybridized carbons (Fsp3) is 0.333. The topological polar surface area (TPSA) is 160 Å². The Hall–Kier alpha value is -4.22. The summed E-state index contributed by atoms with van der Waals surface area (Å²) in [7, 11) is 0. The summed E-state index contributed by atoms with van der Waals surface area (Å²) in [5.74, 6) is -0.345. The zero-order chi connectivity index (χ0) is 27.0. The van der Waals surface area contributed by atoms with Gasteiger partial charge in [-0.3, -0.25) is 19.6 Å². The van der Waals surface area contributed by atoms with Crippen LogP contribution < -0.4 is 5.73 Å². The van der Waals surface area contributed by atoms with E-state index in [1.165, 1.54) is 18.4 Å². The molecule has 0 aliphatic carbocycles. The first-order valence-corrected chi connectivity index (χ1v) is 12.5. The summed E-state index contributed by atoms with van der Waals surface area (Å²) >= 11 is 0. The average molecular weight is 516 g/mol. The van der Waals surface area contributed by atoms with Crippen LogP contribution in [0.5, 0.6) is 0 Å². The van der Waals surface area contributed by atoms with Crippen molar-refractivity contribution in [1.82, 2.24) is 29.5 Å². The third-order valence-electron chi connectivity index (χ3n) is 6.96. The number of aromatic nitrogens is 5. The summed E-state index contributed by atoms with van der Waals surface area (Å²) in [6, 6.07) is 7.40. The van der Waals surface area contributed by atoms with Gasteiger partial charge in [-0.05, 0) is 44.9 Å². The summed E-state index contributed by atoms with van der Waals surface area (Å²) in [5.41, 5.74) is 11.6. The van der Waals surface area contributed by atoms with Gasteiger partial charge in [0.15, 0.2) is 11.4 Å². The number of carbonyl (C=O) groups excluding carboxylic acids is 2. The number of piperidine rings is 1. The fourth-order valence-corrected chi connectivity index (χ4v) is 4.98. The van der Waals surface area contributed by atoms with Gasteiger partial charge in [-0.1, -0.05) is 6.07 Å². The molecule has 1 saturated heterocycles. The highest BCUT2D eigenvalue weighted by molar-refractivity contribution is 6.00. The fourth-order valence-electron chi connectivity index (χ4n) is 4.98. The number of pyridine rings is 2. The molecule has 0 radical (unpaired) electrons. The number of hydrogen-bond acceptors (Lipinski definition) is 9. The number of aliphatic hydroxyl groups is 2. The van der Waals surface area contributed by atoms with Crippen LogP contribution in [0, 0.1) is 0 Å². The highest BCUT2D eigenvalue weighted by Crippen LogP contribution is 2.35. The van der Waals surface area contributed by atoms with Crippen LogP contribution in [0.3, 0.4) is 0 Å². The van der Waals surface area contributed by atoms with Crippen molar-refractivity contribution in [3.05, 3.63) is 59.8 Å². The number of amides is 1. The van der Waals surface area contributed by atoms with E-state index in [4.69, 9.17) is 10.7 Å². The molecule has 1 fully saturated rings. The Morgan fingerprint density at radius 3 is 2.53 bits per heavy atom. The Bertz CT molecular complexity index is 1510. The van der Waals surface area contributed by atoms with Crippen LogP contribution in [-0.4, -0.2) is 70.6 Å². The van der Waals surface area contributed by atoms with E-state index in [1.807, 2.05) is 18.2 Å². The molecule has 0 saturated carbocycles. The molecule has 1 aliphatic heterocycles. The number of ketones is 1. The molecule has 4 aromatic heterocycles. The molecule has 0 spiro atoms. The number of aliphatic hydroxyl groups excluding tert-OH is 2. The van der Waals surface area contributed by atoms with E-state index in [1.54, 1.807) is 29.6 Å². The second kappa shape index (κ2) is 10.3. The van der Waals surface area contributed by atoms with Gasteiger partial charge in [-0.2, -0.15) is 9.61 Å². The normalized spacial score (nSPS) is 15.1. The largest absolute Gasteiger partial charge is 0.390 e. The lowest BCUT2D eigenvalue weighted by atomic mass is 9.89. The van der Waals surface area contributed by atoms with E-state index in [9.17, 15) is 19.8 Å². The predicted molar refractivity (Wildman–Crippen MR) is 140 cm³/mol. The van der Waals surface area contributed by atoms with E-state index in [2.05, 4.69) is 15.1 Å². The van der Waals surface area contributed by atoms with Crippen LogP contribution in [0.4, 0.5) is 5.82 Å². The predicted octanol–water partition coefficient (Wildman–Crippen LogP) is 2.22. The van der Waals surface area contributed by atoms with Crippen LogP contribution in [-0.2, 0) is 11.4 Å². The van der Waals surface area contributed by atoms with Crippen LogP contribution in [0.15, 0.2) is 42.9 Å². The van der Waals surface area contributed by atoms with E-state index in [0.29, 0.717) is 48.5 Å². The van der Waals surface area contributed by atoms with Crippen molar-refractivity contribution in [3.63, 3.8) is 0 Å². The number of Topliss-reactive ketones (excluding diaryl/α,β-unsaturated/α-hetero) is 1. The van der Waals surface area contributed by atoms with E-state index >= 15 is 0 Å². The minimum Gasteiger partial charge on any atom is -0.390 e. The molecule has 38 heavy (non-hydrogen) atoms. The highest BCUT2D eigenvalue weighted by Gasteiger charge is 2.31. The number of anilines is 1. The minimum absolute atomic E-state index is 0.0742. The summed E-state index contributed by atoms with van der Waals surface area (Å²) in [6.07, 6.45) is 5.17. The lowest BCUT2D eigenvalue weighted by molar-refractivity contribution is -0.140. The molecule has 1 aliphatic rings. The molecular formula is C27H29N7O4. The number of fused-ring (bicyclic) bond motifs is 1. The first-order valence-electron chi connectivity index (χ1n) is 12.5. The first kappa shape index (κ1) is 25.4. The molecule has 1 atom stereocenters. The van der Waals surface area contributed by atoms with Gasteiger partial charge >= 0.3 is 0 Å². The van der Waals surface area contributed by atoms with Crippen molar-refractivity contribution in [3.8, 4) is 22.4 Å². The van der Waals surface area contributed by atoms with Crippen molar-refractivity contribution in [2.45, 2.75) is 45.3 Å². The van der Waals surface area contributed by atoms with Crippen molar-refractivity contribution in [2.24, 2.45) is 0 Å². The van der Waals surface area contributed by atoms with Crippen LogP contribution in [0.1, 0.15) is 54.4 Å². The quantitative estimate of drug-likeness (QED) is 0.327. The molecule has 11 heteroatoms. The Morgan fingerprint density at radius 1 is 1.13 bits per heavy atom. The standard InChI is InChI=1S/C27H29N7O4/c1-15(36)23-24(17-6-9-33(10-7-17)27(38)16(2)37)32-26-21(13-31-34(26)25(23)28)19-3-4-22(30-12-19)18-5-8-29-20(11-18)14-35/h3-5,8,11-13,16-17,35,37H,6-7,9-10,14,28H2,1-2H3/t16-/m1/s1. The number of nitrogen functional groups attached to an aromatic ring is 1. The molecule has 0 aromatic carbocycles. The molecule has 0 unspecified atom stereocenters. The molecular weight excluding hydrogens is 486 g/mol. The summed E-state index contributed by atoms with van der Waals surface area (Å²) < 4.78 is 1.48. The lowest BCUT2D eigenvalue weighted by Gasteiger charge is -2.33. The number of rotatable bonds is 6. The third-order valence-corrected chi connectivity index (χ3v) is 6.96. The zero-order valence-electron chi connectivity index (χ0n) is 21.2. The van der Waals surface area contributed by atoms with Crippen molar-refractivity contribution in [2.75, 3.05) is 18.8 Å². The molecule has 11 nitrogen and oxygen atoms in total. The monoisotopic (exact) mass is 515 g/mol. The zero-order valence-corrected chi connectivity index (χ0v) is 21.2. The number of hydrogen-bond donors (Lipinski definition) is 3. The second-order valence-corrected chi connectivity index (χ2v) is 9.51. The Labute approximate surface area is 219 Å². The van der Waals surface area contributed by atoms with Crippen molar-refractivity contribution < 1.29 is 19.8 Å².